The smallest absolute Gasteiger partial charge is 0.225 e. The fourth-order valence-corrected chi connectivity index (χ4v) is 3.39. The number of amides is 1. The Bertz CT molecular complexity index is 519. The topological polar surface area (TPSA) is 49.3 Å². The number of aliphatic hydroxyl groups is 1. The first-order chi connectivity index (χ1) is 9.34. The lowest BCUT2D eigenvalue weighted by Gasteiger charge is -2.28. The highest BCUT2D eigenvalue weighted by atomic mass is 32.1. The molecule has 2 aromatic heterocycles. The van der Waals surface area contributed by atoms with Crippen LogP contribution in [-0.2, 0) is 10.4 Å². The van der Waals surface area contributed by atoms with E-state index in [1.54, 1.807) is 0 Å². The van der Waals surface area contributed by atoms with Crippen molar-refractivity contribution in [1.82, 2.24) is 5.32 Å². The first-order valence-electron chi connectivity index (χ1n) is 6.41. The van der Waals surface area contributed by atoms with Gasteiger partial charge in [-0.25, -0.2) is 0 Å². The zero-order valence-corrected chi connectivity index (χ0v) is 13.5. The number of carbonyl (C=O) groups excluding carboxylic acids is 1. The van der Waals surface area contributed by atoms with Crippen LogP contribution in [0.2, 0.25) is 0 Å². The summed E-state index contributed by atoms with van der Waals surface area (Å²) in [7, 11) is 0. The van der Waals surface area contributed by atoms with Gasteiger partial charge in [0.2, 0.25) is 5.91 Å². The van der Waals surface area contributed by atoms with Gasteiger partial charge >= 0.3 is 0 Å². The Morgan fingerprint density at radius 2 is 2.05 bits per heavy atom. The zero-order valence-electron chi connectivity index (χ0n) is 11.8. The zero-order chi connectivity index (χ0) is 14.8. The minimum Gasteiger partial charge on any atom is -0.378 e. The van der Waals surface area contributed by atoms with E-state index in [1.165, 1.54) is 22.7 Å². The molecule has 1 amide bonds. The number of nitrogens with one attached hydrogen (secondary N) is 1. The third-order valence-corrected chi connectivity index (χ3v) is 4.82. The summed E-state index contributed by atoms with van der Waals surface area (Å²) in [6, 6.07) is 5.70. The van der Waals surface area contributed by atoms with E-state index in [-0.39, 0.29) is 12.5 Å². The van der Waals surface area contributed by atoms with Gasteiger partial charge < -0.3 is 10.4 Å². The van der Waals surface area contributed by atoms with Crippen LogP contribution in [0.5, 0.6) is 0 Å². The van der Waals surface area contributed by atoms with Crippen LogP contribution in [0.4, 0.5) is 0 Å². The SMILES string of the molecule is CC(C)(C)C(=O)NCC(O)(c1ccsc1)c1cccs1. The van der Waals surface area contributed by atoms with Crippen molar-refractivity contribution in [2.45, 2.75) is 26.4 Å². The summed E-state index contributed by atoms with van der Waals surface area (Å²) in [5, 5.41) is 19.7. The van der Waals surface area contributed by atoms with Gasteiger partial charge in [0.25, 0.3) is 0 Å². The van der Waals surface area contributed by atoms with E-state index < -0.39 is 11.0 Å². The molecular formula is C15H19NO2S2. The minimum absolute atomic E-state index is 0.0669. The Labute approximate surface area is 127 Å². The number of carbonyl (C=O) groups is 1. The highest BCUT2D eigenvalue weighted by molar-refractivity contribution is 7.10. The van der Waals surface area contributed by atoms with Gasteiger partial charge in [0, 0.05) is 15.9 Å². The van der Waals surface area contributed by atoms with Gasteiger partial charge in [-0.2, -0.15) is 11.3 Å². The Balaban J connectivity index is 2.24. The lowest BCUT2D eigenvalue weighted by Crippen LogP contribution is -2.44. The molecule has 2 rings (SSSR count). The summed E-state index contributed by atoms with van der Waals surface area (Å²) in [5.41, 5.74) is -0.806. The molecule has 1 unspecified atom stereocenters. The summed E-state index contributed by atoms with van der Waals surface area (Å²) in [6.45, 7) is 5.76. The van der Waals surface area contributed by atoms with Crippen LogP contribution >= 0.6 is 22.7 Å². The average molecular weight is 309 g/mol. The first kappa shape index (κ1) is 15.2. The predicted molar refractivity (Wildman–Crippen MR) is 84.1 cm³/mol. The minimum atomic E-state index is -1.16. The Morgan fingerprint density at radius 1 is 1.30 bits per heavy atom. The highest BCUT2D eigenvalue weighted by Gasteiger charge is 2.34. The van der Waals surface area contributed by atoms with Crippen LogP contribution < -0.4 is 5.32 Å². The van der Waals surface area contributed by atoms with Crippen molar-refractivity contribution in [3.63, 3.8) is 0 Å². The molecule has 2 heterocycles. The van der Waals surface area contributed by atoms with Gasteiger partial charge in [-0.3, -0.25) is 4.79 Å². The number of hydrogen-bond donors (Lipinski definition) is 2. The summed E-state index contributed by atoms with van der Waals surface area (Å²) in [6.07, 6.45) is 0. The van der Waals surface area contributed by atoms with Gasteiger partial charge in [0.1, 0.15) is 5.60 Å². The molecule has 2 N–H and O–H groups in total. The maximum absolute atomic E-state index is 12.0. The fourth-order valence-electron chi connectivity index (χ4n) is 1.82. The standard InChI is InChI=1S/C15H19NO2S2/c1-14(2,3)13(17)16-10-15(18,11-6-8-19-9-11)12-5-4-7-20-12/h4-9,18H,10H2,1-3H3,(H,16,17). The van der Waals surface area contributed by atoms with Crippen molar-refractivity contribution in [2.75, 3.05) is 6.54 Å². The molecule has 0 aliphatic rings. The second-order valence-electron chi connectivity index (χ2n) is 5.78. The van der Waals surface area contributed by atoms with Gasteiger partial charge in [-0.05, 0) is 28.3 Å². The third kappa shape index (κ3) is 3.11. The van der Waals surface area contributed by atoms with Crippen LogP contribution in [0, 0.1) is 5.41 Å². The Kier molecular flexibility index (Phi) is 4.32. The number of rotatable bonds is 4. The molecule has 5 heteroatoms. The second-order valence-corrected chi connectivity index (χ2v) is 7.51. The molecule has 0 spiro atoms. The molecule has 0 bridgehead atoms. The normalized spacial score (nSPS) is 14.8. The van der Waals surface area contributed by atoms with E-state index in [9.17, 15) is 9.90 Å². The average Bonchev–Trinajstić information content (AvgIpc) is 3.05. The molecule has 0 saturated carbocycles. The molecule has 0 aromatic carbocycles. The Morgan fingerprint density at radius 3 is 2.55 bits per heavy atom. The highest BCUT2D eigenvalue weighted by Crippen LogP contribution is 2.33. The molecule has 108 valence electrons. The largest absolute Gasteiger partial charge is 0.378 e. The maximum atomic E-state index is 12.0. The van der Waals surface area contributed by atoms with E-state index in [0.717, 1.165) is 10.4 Å². The van der Waals surface area contributed by atoms with E-state index in [2.05, 4.69) is 5.32 Å². The monoisotopic (exact) mass is 309 g/mol. The summed E-state index contributed by atoms with van der Waals surface area (Å²) >= 11 is 3.03. The second kappa shape index (κ2) is 5.68. The molecular weight excluding hydrogens is 290 g/mol. The van der Waals surface area contributed by atoms with E-state index in [0.29, 0.717) is 0 Å². The fraction of sp³-hybridized carbons (Fsp3) is 0.400. The van der Waals surface area contributed by atoms with Gasteiger partial charge in [-0.1, -0.05) is 26.8 Å². The van der Waals surface area contributed by atoms with Gasteiger partial charge in [0.05, 0.1) is 6.54 Å². The van der Waals surface area contributed by atoms with Crippen LogP contribution in [-0.4, -0.2) is 17.6 Å². The number of thiophene rings is 2. The van der Waals surface area contributed by atoms with Crippen molar-refractivity contribution in [1.29, 1.82) is 0 Å². The van der Waals surface area contributed by atoms with Crippen LogP contribution in [0.3, 0.4) is 0 Å². The van der Waals surface area contributed by atoms with Gasteiger partial charge in [-0.15, -0.1) is 11.3 Å². The van der Waals surface area contributed by atoms with E-state index in [4.69, 9.17) is 0 Å². The first-order valence-corrected chi connectivity index (χ1v) is 8.23. The predicted octanol–water partition coefficient (Wildman–Crippen LogP) is 3.21. The molecule has 0 fully saturated rings. The van der Waals surface area contributed by atoms with Crippen LogP contribution in [0.25, 0.3) is 0 Å². The van der Waals surface area contributed by atoms with Crippen molar-refractivity contribution >= 4 is 28.6 Å². The van der Waals surface area contributed by atoms with Crippen LogP contribution in [0.15, 0.2) is 34.3 Å². The number of hydrogen-bond acceptors (Lipinski definition) is 4. The molecule has 3 nitrogen and oxygen atoms in total. The maximum Gasteiger partial charge on any atom is 0.225 e. The third-order valence-electron chi connectivity index (χ3n) is 3.11. The molecule has 0 aliphatic carbocycles. The van der Waals surface area contributed by atoms with Crippen molar-refractivity contribution in [2.24, 2.45) is 5.41 Å². The van der Waals surface area contributed by atoms with Crippen molar-refractivity contribution in [3.8, 4) is 0 Å². The van der Waals surface area contributed by atoms with Crippen LogP contribution in [0.1, 0.15) is 31.2 Å². The van der Waals surface area contributed by atoms with Gasteiger partial charge in [0.15, 0.2) is 0 Å². The van der Waals surface area contributed by atoms with Crippen molar-refractivity contribution in [3.05, 3.63) is 44.8 Å². The molecule has 1 atom stereocenters. The van der Waals surface area contributed by atoms with E-state index in [1.807, 2.05) is 55.1 Å². The molecule has 20 heavy (non-hydrogen) atoms. The van der Waals surface area contributed by atoms with Crippen molar-refractivity contribution < 1.29 is 9.90 Å². The molecule has 2 aromatic rings. The van der Waals surface area contributed by atoms with E-state index >= 15 is 0 Å². The lowest BCUT2D eigenvalue weighted by molar-refractivity contribution is -0.129. The molecule has 0 aliphatic heterocycles. The molecule has 0 saturated heterocycles. The quantitative estimate of drug-likeness (QED) is 0.911. The summed E-state index contributed by atoms with van der Waals surface area (Å²) in [5.74, 6) is -0.0669. The summed E-state index contributed by atoms with van der Waals surface area (Å²) in [4.78, 5) is 12.9. The summed E-state index contributed by atoms with van der Waals surface area (Å²) < 4.78 is 0. The molecule has 0 radical (unpaired) electrons. The Hall–Kier alpha value is -1.17. The lowest BCUT2D eigenvalue weighted by atomic mass is 9.92.